The largest absolute Gasteiger partial charge is 0.388 e. The molecule has 1 aromatic carbocycles. The average Bonchev–Trinajstić information content (AvgIpc) is 2.33. The standard InChI is InChI=1S/C15H23BrO/c1-2-3-4-5-6-7-11-15(17)13-9-8-10-14(16)12-13/h8-10,12,15,17H,2-7,11H2,1H3. The van der Waals surface area contributed by atoms with Gasteiger partial charge in [0.15, 0.2) is 0 Å². The van der Waals surface area contributed by atoms with Crippen LogP contribution in [0.15, 0.2) is 28.7 Å². The van der Waals surface area contributed by atoms with E-state index in [4.69, 9.17) is 0 Å². The van der Waals surface area contributed by atoms with Crippen molar-refractivity contribution in [2.75, 3.05) is 0 Å². The minimum Gasteiger partial charge on any atom is -0.388 e. The number of benzene rings is 1. The van der Waals surface area contributed by atoms with Crippen LogP contribution in [0.5, 0.6) is 0 Å². The van der Waals surface area contributed by atoms with Gasteiger partial charge in [-0.25, -0.2) is 0 Å². The lowest BCUT2D eigenvalue weighted by Gasteiger charge is -2.11. The van der Waals surface area contributed by atoms with Gasteiger partial charge in [-0.2, -0.15) is 0 Å². The normalized spacial score (nSPS) is 12.6. The van der Waals surface area contributed by atoms with Crippen molar-refractivity contribution in [2.24, 2.45) is 0 Å². The second-order valence-electron chi connectivity index (χ2n) is 4.63. The molecule has 0 saturated heterocycles. The van der Waals surface area contributed by atoms with Gasteiger partial charge in [0.05, 0.1) is 6.10 Å². The van der Waals surface area contributed by atoms with E-state index in [9.17, 15) is 5.11 Å². The zero-order valence-corrected chi connectivity index (χ0v) is 12.2. The zero-order valence-electron chi connectivity index (χ0n) is 10.7. The van der Waals surface area contributed by atoms with Crippen molar-refractivity contribution in [1.82, 2.24) is 0 Å². The van der Waals surface area contributed by atoms with Crippen LogP contribution in [0.25, 0.3) is 0 Å². The SMILES string of the molecule is CCCCCCCCC(O)c1cccc(Br)c1. The van der Waals surface area contributed by atoms with Crippen molar-refractivity contribution in [1.29, 1.82) is 0 Å². The Morgan fingerprint density at radius 1 is 1.12 bits per heavy atom. The number of aliphatic hydroxyl groups is 1. The molecule has 0 radical (unpaired) electrons. The first-order valence-corrected chi connectivity index (χ1v) is 7.47. The summed E-state index contributed by atoms with van der Waals surface area (Å²) in [6.07, 6.45) is 8.21. The number of hydrogen-bond acceptors (Lipinski definition) is 1. The predicted octanol–water partition coefficient (Wildman–Crippen LogP) is 5.23. The van der Waals surface area contributed by atoms with Crippen molar-refractivity contribution in [3.63, 3.8) is 0 Å². The first kappa shape index (κ1) is 14.7. The van der Waals surface area contributed by atoms with Crippen LogP contribution in [0.2, 0.25) is 0 Å². The summed E-state index contributed by atoms with van der Waals surface area (Å²) in [6.45, 7) is 2.23. The molecule has 1 nitrogen and oxygen atoms in total. The first-order chi connectivity index (χ1) is 8.24. The zero-order chi connectivity index (χ0) is 12.5. The highest BCUT2D eigenvalue weighted by Gasteiger charge is 2.06. The van der Waals surface area contributed by atoms with Crippen LogP contribution < -0.4 is 0 Å². The quantitative estimate of drug-likeness (QED) is 0.651. The third kappa shape index (κ3) is 6.23. The fraction of sp³-hybridized carbons (Fsp3) is 0.600. The predicted molar refractivity (Wildman–Crippen MR) is 77.1 cm³/mol. The van der Waals surface area contributed by atoms with Crippen molar-refractivity contribution < 1.29 is 5.11 Å². The summed E-state index contributed by atoms with van der Waals surface area (Å²) in [6, 6.07) is 7.96. The third-order valence-electron chi connectivity index (χ3n) is 3.06. The third-order valence-corrected chi connectivity index (χ3v) is 3.56. The van der Waals surface area contributed by atoms with Gasteiger partial charge in [0.2, 0.25) is 0 Å². The molecular weight excluding hydrogens is 276 g/mol. The van der Waals surface area contributed by atoms with Crippen molar-refractivity contribution >= 4 is 15.9 Å². The summed E-state index contributed by atoms with van der Waals surface area (Å²) in [5.74, 6) is 0. The fourth-order valence-corrected chi connectivity index (χ4v) is 2.42. The van der Waals surface area contributed by atoms with E-state index in [0.29, 0.717) is 0 Å². The smallest absolute Gasteiger partial charge is 0.0790 e. The van der Waals surface area contributed by atoms with Gasteiger partial charge in [0.1, 0.15) is 0 Å². The molecule has 0 bridgehead atoms. The summed E-state index contributed by atoms with van der Waals surface area (Å²) in [4.78, 5) is 0. The van der Waals surface area contributed by atoms with Crippen LogP contribution in [0.1, 0.15) is 63.5 Å². The molecular formula is C15H23BrO. The van der Waals surface area contributed by atoms with Gasteiger partial charge >= 0.3 is 0 Å². The number of hydrogen-bond donors (Lipinski definition) is 1. The van der Waals surface area contributed by atoms with Crippen LogP contribution in [0.3, 0.4) is 0 Å². The molecule has 0 fully saturated rings. The fourth-order valence-electron chi connectivity index (χ4n) is 2.00. The van der Waals surface area contributed by atoms with Gasteiger partial charge in [0.25, 0.3) is 0 Å². The maximum absolute atomic E-state index is 10.0. The Balaban J connectivity index is 2.19. The summed E-state index contributed by atoms with van der Waals surface area (Å²) >= 11 is 3.43. The lowest BCUT2D eigenvalue weighted by atomic mass is 10.0. The van der Waals surface area contributed by atoms with Crippen LogP contribution in [-0.4, -0.2) is 5.11 Å². The van der Waals surface area contributed by atoms with Gasteiger partial charge < -0.3 is 5.11 Å². The van der Waals surface area contributed by atoms with E-state index in [1.165, 1.54) is 32.1 Å². The van der Waals surface area contributed by atoms with Crippen molar-refractivity contribution in [3.8, 4) is 0 Å². The highest BCUT2D eigenvalue weighted by molar-refractivity contribution is 9.10. The molecule has 1 aromatic rings. The molecule has 0 heterocycles. The summed E-state index contributed by atoms with van der Waals surface area (Å²) in [7, 11) is 0. The molecule has 0 aromatic heterocycles. The number of halogens is 1. The molecule has 1 rings (SSSR count). The Labute approximate surface area is 113 Å². The molecule has 0 aliphatic heterocycles. The van der Waals surface area contributed by atoms with E-state index in [-0.39, 0.29) is 6.10 Å². The molecule has 0 saturated carbocycles. The molecule has 0 aliphatic rings. The number of rotatable bonds is 8. The Kier molecular flexibility index (Phi) is 7.54. The van der Waals surface area contributed by atoms with Gasteiger partial charge in [-0.15, -0.1) is 0 Å². The number of unbranched alkanes of at least 4 members (excludes halogenated alkanes) is 5. The molecule has 2 heteroatoms. The van der Waals surface area contributed by atoms with E-state index >= 15 is 0 Å². The summed E-state index contributed by atoms with van der Waals surface area (Å²) in [5, 5.41) is 10.0. The lowest BCUT2D eigenvalue weighted by molar-refractivity contribution is 0.163. The molecule has 96 valence electrons. The van der Waals surface area contributed by atoms with Crippen LogP contribution in [0, 0.1) is 0 Å². The molecule has 0 amide bonds. The molecule has 1 atom stereocenters. The number of aliphatic hydroxyl groups excluding tert-OH is 1. The minimum atomic E-state index is -0.307. The molecule has 0 aliphatic carbocycles. The van der Waals surface area contributed by atoms with E-state index in [1.54, 1.807) is 0 Å². The highest BCUT2D eigenvalue weighted by Crippen LogP contribution is 2.22. The van der Waals surface area contributed by atoms with Gasteiger partial charge in [-0.1, -0.05) is 73.5 Å². The molecule has 0 spiro atoms. The Morgan fingerprint density at radius 3 is 2.53 bits per heavy atom. The van der Waals surface area contributed by atoms with Crippen LogP contribution in [-0.2, 0) is 0 Å². The monoisotopic (exact) mass is 298 g/mol. The van der Waals surface area contributed by atoms with Crippen molar-refractivity contribution in [3.05, 3.63) is 34.3 Å². The maximum Gasteiger partial charge on any atom is 0.0790 e. The highest BCUT2D eigenvalue weighted by atomic mass is 79.9. The summed E-state index contributed by atoms with van der Waals surface area (Å²) < 4.78 is 1.04. The first-order valence-electron chi connectivity index (χ1n) is 6.67. The Morgan fingerprint density at radius 2 is 1.82 bits per heavy atom. The van der Waals surface area contributed by atoms with E-state index in [2.05, 4.69) is 22.9 Å². The maximum atomic E-state index is 10.0. The van der Waals surface area contributed by atoms with E-state index in [0.717, 1.165) is 22.9 Å². The topological polar surface area (TPSA) is 20.2 Å². The lowest BCUT2D eigenvalue weighted by Crippen LogP contribution is -1.97. The van der Waals surface area contributed by atoms with Crippen molar-refractivity contribution in [2.45, 2.75) is 58.0 Å². The van der Waals surface area contributed by atoms with Gasteiger partial charge in [-0.05, 0) is 24.1 Å². The minimum absolute atomic E-state index is 0.307. The van der Waals surface area contributed by atoms with E-state index < -0.39 is 0 Å². The second kappa shape index (κ2) is 8.71. The molecule has 17 heavy (non-hydrogen) atoms. The van der Waals surface area contributed by atoms with E-state index in [1.807, 2.05) is 24.3 Å². The molecule has 1 unspecified atom stereocenters. The second-order valence-corrected chi connectivity index (χ2v) is 5.54. The Hall–Kier alpha value is -0.340. The molecule has 1 N–H and O–H groups in total. The Bertz CT molecular complexity index is 312. The van der Waals surface area contributed by atoms with Gasteiger partial charge in [0, 0.05) is 4.47 Å². The summed E-state index contributed by atoms with van der Waals surface area (Å²) in [5.41, 5.74) is 1.02. The van der Waals surface area contributed by atoms with Crippen LogP contribution >= 0.6 is 15.9 Å². The average molecular weight is 299 g/mol. The van der Waals surface area contributed by atoms with Crippen LogP contribution in [0.4, 0.5) is 0 Å². The van der Waals surface area contributed by atoms with Gasteiger partial charge in [-0.3, -0.25) is 0 Å².